The molecule has 0 saturated carbocycles. The molecule has 2 heterocycles. The molecule has 0 aliphatic heterocycles. The van der Waals surface area contributed by atoms with Crippen LogP contribution in [0, 0.1) is 6.92 Å². The van der Waals surface area contributed by atoms with Gasteiger partial charge in [-0.25, -0.2) is 15.0 Å². The molecule has 0 bridgehead atoms. The minimum atomic E-state index is 0.0428. The zero-order chi connectivity index (χ0) is 19.6. The van der Waals surface area contributed by atoms with Crippen molar-refractivity contribution in [3.05, 3.63) is 72.2 Å². The molecule has 1 amide bonds. The maximum Gasteiger partial charge on any atom is 0.220 e. The maximum absolute atomic E-state index is 11.9. The first kappa shape index (κ1) is 19.3. The summed E-state index contributed by atoms with van der Waals surface area (Å²) in [7, 11) is 0. The predicted octanol–water partition coefficient (Wildman–Crippen LogP) is 3.08. The Morgan fingerprint density at radius 2 is 1.71 bits per heavy atom. The van der Waals surface area contributed by atoms with E-state index in [1.54, 1.807) is 12.3 Å². The van der Waals surface area contributed by atoms with E-state index < -0.39 is 0 Å². The van der Waals surface area contributed by atoms with Crippen molar-refractivity contribution in [3.8, 4) is 0 Å². The summed E-state index contributed by atoms with van der Waals surface area (Å²) in [5.74, 6) is 2.11. The van der Waals surface area contributed by atoms with Gasteiger partial charge in [0.25, 0.3) is 0 Å². The Balaban J connectivity index is 1.39. The molecule has 144 valence electrons. The van der Waals surface area contributed by atoms with Gasteiger partial charge in [-0.15, -0.1) is 0 Å². The van der Waals surface area contributed by atoms with Crippen LogP contribution < -0.4 is 16.0 Å². The second-order valence-electron chi connectivity index (χ2n) is 6.39. The van der Waals surface area contributed by atoms with Gasteiger partial charge >= 0.3 is 0 Å². The molecule has 0 aliphatic carbocycles. The second kappa shape index (κ2) is 10.0. The molecule has 0 aliphatic rings. The fourth-order valence-electron chi connectivity index (χ4n) is 2.64. The van der Waals surface area contributed by atoms with Crippen LogP contribution >= 0.6 is 0 Å². The average molecular weight is 376 g/mol. The molecule has 7 heteroatoms. The average Bonchev–Trinajstić information content (AvgIpc) is 2.71. The molecule has 0 unspecified atom stereocenters. The van der Waals surface area contributed by atoms with Gasteiger partial charge in [-0.2, -0.15) is 0 Å². The third-order valence-electron chi connectivity index (χ3n) is 4.08. The summed E-state index contributed by atoms with van der Waals surface area (Å²) in [6.07, 6.45) is 4.46. The Morgan fingerprint density at radius 3 is 2.54 bits per heavy atom. The lowest BCUT2D eigenvalue weighted by Crippen LogP contribution is -2.29. The highest BCUT2D eigenvalue weighted by molar-refractivity contribution is 5.76. The number of hydrogen-bond donors (Lipinski definition) is 3. The smallest absolute Gasteiger partial charge is 0.220 e. The summed E-state index contributed by atoms with van der Waals surface area (Å²) >= 11 is 0. The van der Waals surface area contributed by atoms with Crippen LogP contribution in [0.3, 0.4) is 0 Å². The first-order chi connectivity index (χ1) is 13.7. The van der Waals surface area contributed by atoms with Crippen LogP contribution in [0.2, 0.25) is 0 Å². The van der Waals surface area contributed by atoms with Crippen LogP contribution in [-0.4, -0.2) is 33.9 Å². The molecule has 28 heavy (non-hydrogen) atoms. The molecule has 0 radical (unpaired) electrons. The van der Waals surface area contributed by atoms with E-state index in [1.807, 2.05) is 49.4 Å². The van der Waals surface area contributed by atoms with E-state index in [0.29, 0.717) is 31.1 Å². The number of carbonyl (C=O) groups is 1. The number of rotatable bonds is 9. The van der Waals surface area contributed by atoms with Crippen LogP contribution in [0.15, 0.2) is 61.1 Å². The monoisotopic (exact) mass is 376 g/mol. The van der Waals surface area contributed by atoms with Crippen molar-refractivity contribution in [2.45, 2.75) is 19.8 Å². The van der Waals surface area contributed by atoms with Gasteiger partial charge in [0.15, 0.2) is 0 Å². The molecule has 3 N–H and O–H groups in total. The lowest BCUT2D eigenvalue weighted by molar-refractivity contribution is -0.120. The minimum absolute atomic E-state index is 0.0428. The van der Waals surface area contributed by atoms with Crippen LogP contribution in [0.5, 0.6) is 0 Å². The largest absolute Gasteiger partial charge is 0.368 e. The molecule has 2 aromatic heterocycles. The van der Waals surface area contributed by atoms with Gasteiger partial charge in [0, 0.05) is 31.8 Å². The lowest BCUT2D eigenvalue weighted by atomic mass is 10.1. The van der Waals surface area contributed by atoms with Gasteiger partial charge in [0.2, 0.25) is 5.91 Å². The van der Waals surface area contributed by atoms with E-state index in [-0.39, 0.29) is 5.91 Å². The summed E-state index contributed by atoms with van der Waals surface area (Å²) in [5.41, 5.74) is 2.29. The van der Waals surface area contributed by atoms with Crippen molar-refractivity contribution in [3.63, 3.8) is 0 Å². The third kappa shape index (κ3) is 6.35. The number of nitrogens with zero attached hydrogens (tertiary/aromatic N) is 3. The fourth-order valence-corrected chi connectivity index (χ4v) is 2.64. The van der Waals surface area contributed by atoms with Crippen molar-refractivity contribution in [2.75, 3.05) is 23.7 Å². The lowest BCUT2D eigenvalue weighted by Gasteiger charge is -2.09. The highest BCUT2D eigenvalue weighted by atomic mass is 16.1. The standard InChI is InChI=1S/C21H24N6O/c1-16-9-10-22-19(13-16)27-20-14-18(25-15-26-20)23-11-12-24-21(28)8-7-17-5-3-2-4-6-17/h2-6,9-10,13-15H,7-8,11-12H2,1H3,(H,24,28)(H2,22,23,25,26,27). The molecule has 0 atom stereocenters. The second-order valence-corrected chi connectivity index (χ2v) is 6.39. The summed E-state index contributed by atoms with van der Waals surface area (Å²) in [5, 5.41) is 9.25. The van der Waals surface area contributed by atoms with Gasteiger partial charge in [-0.05, 0) is 36.6 Å². The Hall–Kier alpha value is -3.48. The summed E-state index contributed by atoms with van der Waals surface area (Å²) in [6, 6.07) is 15.7. The van der Waals surface area contributed by atoms with Crippen molar-refractivity contribution >= 4 is 23.4 Å². The third-order valence-corrected chi connectivity index (χ3v) is 4.08. The summed E-state index contributed by atoms with van der Waals surface area (Å²) in [6.45, 7) is 3.12. The highest BCUT2D eigenvalue weighted by Crippen LogP contribution is 2.14. The number of anilines is 3. The number of benzene rings is 1. The number of amides is 1. The van der Waals surface area contributed by atoms with Crippen molar-refractivity contribution < 1.29 is 4.79 Å². The maximum atomic E-state index is 11.9. The van der Waals surface area contributed by atoms with Crippen LogP contribution in [0.25, 0.3) is 0 Å². The van der Waals surface area contributed by atoms with E-state index in [4.69, 9.17) is 0 Å². The van der Waals surface area contributed by atoms with E-state index in [2.05, 4.69) is 30.9 Å². The molecule has 3 aromatic rings. The number of hydrogen-bond acceptors (Lipinski definition) is 6. The SMILES string of the molecule is Cc1ccnc(Nc2cc(NCCNC(=O)CCc3ccccc3)ncn2)c1. The van der Waals surface area contributed by atoms with Gasteiger partial charge in [-0.3, -0.25) is 4.79 Å². The van der Waals surface area contributed by atoms with Crippen LogP contribution in [0.1, 0.15) is 17.5 Å². The van der Waals surface area contributed by atoms with Gasteiger partial charge < -0.3 is 16.0 Å². The quantitative estimate of drug-likeness (QED) is 0.497. The van der Waals surface area contributed by atoms with Crippen molar-refractivity contribution in [1.29, 1.82) is 0 Å². The molecule has 1 aromatic carbocycles. The molecule has 0 spiro atoms. The molecular formula is C21H24N6O. The predicted molar refractivity (Wildman–Crippen MR) is 111 cm³/mol. The fraction of sp³-hybridized carbons (Fsp3) is 0.238. The zero-order valence-corrected chi connectivity index (χ0v) is 15.9. The number of carbonyl (C=O) groups excluding carboxylic acids is 1. The Labute approximate surface area is 164 Å². The van der Waals surface area contributed by atoms with Gasteiger partial charge in [0.1, 0.15) is 23.8 Å². The van der Waals surface area contributed by atoms with Gasteiger partial charge in [-0.1, -0.05) is 30.3 Å². The van der Waals surface area contributed by atoms with Crippen molar-refractivity contribution in [1.82, 2.24) is 20.3 Å². The van der Waals surface area contributed by atoms with Crippen LogP contribution in [0.4, 0.5) is 17.5 Å². The van der Waals surface area contributed by atoms with E-state index >= 15 is 0 Å². The number of aryl methyl sites for hydroxylation is 2. The molecule has 0 fully saturated rings. The first-order valence-corrected chi connectivity index (χ1v) is 9.25. The molecule has 7 nitrogen and oxygen atoms in total. The van der Waals surface area contributed by atoms with E-state index in [1.165, 1.54) is 11.9 Å². The zero-order valence-electron chi connectivity index (χ0n) is 15.9. The highest BCUT2D eigenvalue weighted by Gasteiger charge is 2.03. The molecule has 0 saturated heterocycles. The topological polar surface area (TPSA) is 91.8 Å². The number of aromatic nitrogens is 3. The summed E-state index contributed by atoms with van der Waals surface area (Å²) in [4.78, 5) is 24.6. The molecule has 3 rings (SSSR count). The summed E-state index contributed by atoms with van der Waals surface area (Å²) < 4.78 is 0. The number of nitrogens with one attached hydrogen (secondary N) is 3. The number of pyridine rings is 1. The van der Waals surface area contributed by atoms with E-state index in [9.17, 15) is 4.79 Å². The van der Waals surface area contributed by atoms with Gasteiger partial charge in [0.05, 0.1) is 0 Å². The van der Waals surface area contributed by atoms with Crippen molar-refractivity contribution in [2.24, 2.45) is 0 Å². The normalized spacial score (nSPS) is 10.3. The Kier molecular flexibility index (Phi) is 6.89. The Bertz CT molecular complexity index is 900. The van der Waals surface area contributed by atoms with E-state index in [0.717, 1.165) is 17.8 Å². The Morgan fingerprint density at radius 1 is 0.929 bits per heavy atom. The first-order valence-electron chi connectivity index (χ1n) is 9.25. The minimum Gasteiger partial charge on any atom is -0.368 e. The molecular weight excluding hydrogens is 352 g/mol. The van der Waals surface area contributed by atoms with Crippen LogP contribution in [-0.2, 0) is 11.2 Å².